The van der Waals surface area contributed by atoms with Gasteiger partial charge in [0.25, 0.3) is 0 Å². The Morgan fingerprint density at radius 1 is 1.10 bits per heavy atom. The third kappa shape index (κ3) is 3.66. The van der Waals surface area contributed by atoms with Crippen LogP contribution in [0.15, 0.2) is 47.0 Å². The Balaban J connectivity index is 1.39. The van der Waals surface area contributed by atoms with Crippen LogP contribution in [-0.4, -0.2) is 55.9 Å². The van der Waals surface area contributed by atoms with Crippen LogP contribution in [0.3, 0.4) is 0 Å². The average molecular weight is 404 g/mol. The summed E-state index contributed by atoms with van der Waals surface area (Å²) in [6.07, 6.45) is 2.33. The molecule has 8 heteroatoms. The first-order valence-corrected chi connectivity index (χ1v) is 10.3. The van der Waals surface area contributed by atoms with E-state index in [0.29, 0.717) is 17.6 Å². The Morgan fingerprint density at radius 3 is 2.73 bits per heavy atom. The van der Waals surface area contributed by atoms with Crippen molar-refractivity contribution in [2.75, 3.05) is 13.1 Å². The number of hydrogen-bond donors (Lipinski definition) is 1. The number of benzene rings is 2. The lowest BCUT2D eigenvalue weighted by Crippen LogP contribution is -2.41. The number of likely N-dealkylation sites (tertiary alicyclic amines) is 1. The van der Waals surface area contributed by atoms with E-state index < -0.39 is 0 Å². The van der Waals surface area contributed by atoms with Gasteiger partial charge in [0.2, 0.25) is 5.82 Å². The van der Waals surface area contributed by atoms with Crippen molar-refractivity contribution >= 4 is 10.9 Å². The minimum absolute atomic E-state index is 0.242. The smallest absolute Gasteiger partial charge is 0.204 e. The van der Waals surface area contributed by atoms with Crippen LogP contribution in [0.2, 0.25) is 0 Å². The zero-order chi connectivity index (χ0) is 20.5. The molecular formula is C22H24N6O2. The molecule has 5 rings (SSSR count). The summed E-state index contributed by atoms with van der Waals surface area (Å²) in [5.74, 6) is 2.10. The monoisotopic (exact) mass is 404 g/mol. The number of tetrazole rings is 1. The van der Waals surface area contributed by atoms with Crippen LogP contribution in [0.5, 0.6) is 5.75 Å². The highest BCUT2D eigenvalue weighted by molar-refractivity contribution is 5.94. The molecule has 2 aromatic carbocycles. The number of hydrogen-bond acceptors (Lipinski definition) is 7. The topological polar surface area (TPSA) is 93.0 Å². The van der Waals surface area contributed by atoms with Gasteiger partial charge in [-0.15, -0.1) is 10.2 Å². The van der Waals surface area contributed by atoms with Crippen molar-refractivity contribution in [3.05, 3.63) is 42.5 Å². The Hall–Kier alpha value is -3.26. The van der Waals surface area contributed by atoms with Crippen molar-refractivity contribution in [2.45, 2.75) is 38.8 Å². The van der Waals surface area contributed by atoms with E-state index in [1.165, 1.54) is 0 Å². The summed E-state index contributed by atoms with van der Waals surface area (Å²) in [5, 5.41) is 19.3. The predicted molar refractivity (Wildman–Crippen MR) is 113 cm³/mol. The van der Waals surface area contributed by atoms with Gasteiger partial charge in [0.1, 0.15) is 17.4 Å². The number of nitrogens with zero attached hydrogens (tertiary/aromatic N) is 5. The third-order valence-corrected chi connectivity index (χ3v) is 5.69. The number of H-pyrrole nitrogens is 1. The molecule has 0 aliphatic carbocycles. The fraction of sp³-hybridized carbons (Fsp3) is 0.364. The fourth-order valence-electron chi connectivity index (χ4n) is 3.99. The summed E-state index contributed by atoms with van der Waals surface area (Å²) in [6, 6.07) is 14.4. The summed E-state index contributed by atoms with van der Waals surface area (Å²) in [7, 11) is 0. The normalized spacial score (nSPS) is 15.8. The SMILES string of the molecule is CC(C)N1CCC(Oc2cccc(-c3onc4ccc(-c5nn[nH]n5)cc34)c2)CC1. The van der Waals surface area contributed by atoms with Crippen molar-refractivity contribution in [2.24, 2.45) is 0 Å². The van der Waals surface area contributed by atoms with Gasteiger partial charge in [-0.2, -0.15) is 5.21 Å². The first-order valence-electron chi connectivity index (χ1n) is 10.3. The Labute approximate surface area is 174 Å². The van der Waals surface area contributed by atoms with Gasteiger partial charge in [-0.3, -0.25) is 0 Å². The van der Waals surface area contributed by atoms with E-state index in [1.54, 1.807) is 0 Å². The van der Waals surface area contributed by atoms with E-state index in [9.17, 15) is 0 Å². The molecule has 0 amide bonds. The van der Waals surface area contributed by atoms with E-state index in [2.05, 4.69) is 44.5 Å². The van der Waals surface area contributed by atoms with Crippen LogP contribution in [0.4, 0.5) is 0 Å². The summed E-state index contributed by atoms with van der Waals surface area (Å²) in [6.45, 7) is 6.65. The van der Waals surface area contributed by atoms with Gasteiger partial charge in [-0.25, -0.2) is 0 Å². The van der Waals surface area contributed by atoms with E-state index >= 15 is 0 Å². The molecule has 1 N–H and O–H groups in total. The molecule has 1 fully saturated rings. The van der Waals surface area contributed by atoms with E-state index in [4.69, 9.17) is 9.26 Å². The quantitative estimate of drug-likeness (QED) is 0.539. The summed E-state index contributed by atoms with van der Waals surface area (Å²) >= 11 is 0. The molecule has 1 aliphatic heterocycles. The first kappa shape index (κ1) is 18.7. The van der Waals surface area contributed by atoms with Crippen LogP contribution in [0.1, 0.15) is 26.7 Å². The maximum Gasteiger partial charge on any atom is 0.204 e. The molecule has 0 radical (unpaired) electrons. The van der Waals surface area contributed by atoms with Gasteiger partial charge < -0.3 is 14.2 Å². The molecule has 0 bridgehead atoms. The van der Waals surface area contributed by atoms with Crippen molar-refractivity contribution in [1.29, 1.82) is 0 Å². The highest BCUT2D eigenvalue weighted by Gasteiger charge is 2.22. The molecule has 0 atom stereocenters. The van der Waals surface area contributed by atoms with Gasteiger partial charge in [-0.05, 0) is 62.2 Å². The average Bonchev–Trinajstić information content (AvgIpc) is 3.44. The number of piperidine rings is 1. The van der Waals surface area contributed by atoms with Gasteiger partial charge in [-0.1, -0.05) is 17.3 Å². The molecular weight excluding hydrogens is 380 g/mol. The molecule has 0 spiro atoms. The van der Waals surface area contributed by atoms with E-state index in [0.717, 1.165) is 53.7 Å². The van der Waals surface area contributed by atoms with Gasteiger partial charge in [0.05, 0.1) is 5.39 Å². The molecule has 3 heterocycles. The molecule has 30 heavy (non-hydrogen) atoms. The fourth-order valence-corrected chi connectivity index (χ4v) is 3.99. The van der Waals surface area contributed by atoms with Crippen molar-refractivity contribution in [3.63, 3.8) is 0 Å². The van der Waals surface area contributed by atoms with Crippen molar-refractivity contribution < 1.29 is 9.26 Å². The molecule has 2 aromatic heterocycles. The molecule has 1 aliphatic rings. The van der Waals surface area contributed by atoms with Crippen molar-refractivity contribution in [1.82, 2.24) is 30.7 Å². The minimum Gasteiger partial charge on any atom is -0.490 e. The maximum atomic E-state index is 6.30. The Bertz CT molecular complexity index is 1130. The highest BCUT2D eigenvalue weighted by Crippen LogP contribution is 2.33. The van der Waals surface area contributed by atoms with E-state index in [1.807, 2.05) is 42.5 Å². The standard InChI is InChI=1S/C22H24N6O2/c1-14(2)28-10-8-17(9-11-28)29-18-5-3-4-15(12-18)21-19-13-16(22-23-26-27-24-22)6-7-20(19)25-30-21/h3-7,12-14,17H,8-11H2,1-2H3,(H,23,24,26,27). The molecule has 154 valence electrons. The number of aromatic amines is 1. The van der Waals surface area contributed by atoms with Crippen LogP contribution < -0.4 is 4.74 Å². The third-order valence-electron chi connectivity index (χ3n) is 5.69. The van der Waals surface area contributed by atoms with Crippen molar-refractivity contribution in [3.8, 4) is 28.5 Å². The molecule has 1 saturated heterocycles. The number of fused-ring (bicyclic) bond motifs is 1. The second kappa shape index (κ2) is 7.87. The van der Waals surface area contributed by atoms with Crippen LogP contribution in [0.25, 0.3) is 33.6 Å². The zero-order valence-electron chi connectivity index (χ0n) is 17.1. The zero-order valence-corrected chi connectivity index (χ0v) is 17.1. The number of rotatable bonds is 5. The predicted octanol–water partition coefficient (Wildman–Crippen LogP) is 3.93. The molecule has 4 aromatic rings. The molecule has 0 unspecified atom stereocenters. The van der Waals surface area contributed by atoms with Crippen LogP contribution in [0, 0.1) is 0 Å². The van der Waals surface area contributed by atoms with E-state index in [-0.39, 0.29) is 6.10 Å². The van der Waals surface area contributed by atoms with Gasteiger partial charge in [0.15, 0.2) is 5.76 Å². The van der Waals surface area contributed by atoms with Gasteiger partial charge >= 0.3 is 0 Å². The summed E-state index contributed by atoms with van der Waals surface area (Å²) < 4.78 is 12.0. The lowest BCUT2D eigenvalue weighted by molar-refractivity contribution is 0.0843. The Morgan fingerprint density at radius 2 is 1.97 bits per heavy atom. The second-order valence-electron chi connectivity index (χ2n) is 7.95. The van der Waals surface area contributed by atoms with Crippen LogP contribution in [-0.2, 0) is 0 Å². The Kier molecular flexibility index (Phi) is 4.92. The maximum absolute atomic E-state index is 6.30. The summed E-state index contributed by atoms with van der Waals surface area (Å²) in [4.78, 5) is 2.50. The first-order chi connectivity index (χ1) is 14.7. The lowest BCUT2D eigenvalue weighted by Gasteiger charge is -2.34. The van der Waals surface area contributed by atoms with Crippen LogP contribution >= 0.6 is 0 Å². The largest absolute Gasteiger partial charge is 0.490 e. The number of ether oxygens (including phenoxy) is 1. The lowest BCUT2D eigenvalue weighted by atomic mass is 10.0. The second-order valence-corrected chi connectivity index (χ2v) is 7.95. The summed E-state index contributed by atoms with van der Waals surface area (Å²) in [5.41, 5.74) is 2.56. The number of nitrogens with one attached hydrogen (secondary N) is 1. The molecule has 8 nitrogen and oxygen atoms in total. The minimum atomic E-state index is 0.242. The molecule has 0 saturated carbocycles. The highest BCUT2D eigenvalue weighted by atomic mass is 16.5. The number of aromatic nitrogens is 5. The van der Waals surface area contributed by atoms with Gasteiger partial charge in [0, 0.05) is 30.3 Å².